The molecule has 1 aromatic carbocycles. The average molecular weight is 315 g/mol. The molecule has 4 fully saturated rings. The number of carbonyl (C=O) groups excluding carboxylic acids is 1. The lowest BCUT2D eigenvalue weighted by Crippen LogP contribution is -2.53. The smallest absolute Gasteiger partial charge is 0.221 e. The van der Waals surface area contributed by atoms with E-state index in [-0.39, 0.29) is 28.7 Å². The van der Waals surface area contributed by atoms with Crippen LogP contribution in [-0.4, -0.2) is 16.1 Å². The molecule has 0 aromatic heterocycles. The van der Waals surface area contributed by atoms with E-state index < -0.39 is 0 Å². The standard InChI is InChI=1S/C19H25NO3/c20-18(23)15(6-11-1-2-16(21)17(22)7-11)19-8-12-3-13(9-19)5-14(4-12)10-19/h1-2,7,12-15,21-22H,3-6,8-10H2,(H2,20,23). The zero-order valence-electron chi connectivity index (χ0n) is 13.4. The zero-order chi connectivity index (χ0) is 16.2. The molecule has 1 amide bonds. The molecule has 23 heavy (non-hydrogen) atoms. The molecule has 5 rings (SSSR count). The quantitative estimate of drug-likeness (QED) is 0.747. The minimum Gasteiger partial charge on any atom is -0.504 e. The number of hydrogen-bond donors (Lipinski definition) is 3. The maximum atomic E-state index is 12.3. The second-order valence-corrected chi connectivity index (χ2v) is 8.26. The Morgan fingerprint density at radius 2 is 1.65 bits per heavy atom. The van der Waals surface area contributed by atoms with Gasteiger partial charge in [0, 0.05) is 5.92 Å². The maximum Gasteiger partial charge on any atom is 0.221 e. The Bertz CT molecular complexity index is 604. The van der Waals surface area contributed by atoms with Gasteiger partial charge in [-0.15, -0.1) is 0 Å². The number of hydrogen-bond acceptors (Lipinski definition) is 3. The summed E-state index contributed by atoms with van der Waals surface area (Å²) in [6.07, 6.45) is 7.99. The van der Waals surface area contributed by atoms with Gasteiger partial charge in [-0.1, -0.05) is 6.07 Å². The van der Waals surface area contributed by atoms with Gasteiger partial charge in [0.2, 0.25) is 5.91 Å². The summed E-state index contributed by atoms with van der Waals surface area (Å²) in [6.45, 7) is 0. The largest absolute Gasteiger partial charge is 0.504 e. The van der Waals surface area contributed by atoms with E-state index in [0.29, 0.717) is 6.42 Å². The van der Waals surface area contributed by atoms with E-state index in [1.54, 1.807) is 12.1 Å². The van der Waals surface area contributed by atoms with Gasteiger partial charge in [-0.25, -0.2) is 0 Å². The molecule has 4 aliphatic rings. The van der Waals surface area contributed by atoms with Crippen LogP contribution in [0.3, 0.4) is 0 Å². The van der Waals surface area contributed by atoms with Gasteiger partial charge in [0.15, 0.2) is 11.5 Å². The molecule has 0 heterocycles. The highest BCUT2D eigenvalue weighted by Gasteiger charge is 2.55. The van der Waals surface area contributed by atoms with E-state index in [9.17, 15) is 15.0 Å². The zero-order valence-corrected chi connectivity index (χ0v) is 13.4. The Kier molecular flexibility index (Phi) is 3.33. The van der Waals surface area contributed by atoms with Crippen molar-refractivity contribution in [2.45, 2.75) is 44.9 Å². The highest BCUT2D eigenvalue weighted by molar-refractivity contribution is 5.78. The van der Waals surface area contributed by atoms with Crippen LogP contribution in [0.2, 0.25) is 0 Å². The number of amides is 1. The van der Waals surface area contributed by atoms with E-state index in [4.69, 9.17) is 5.73 Å². The van der Waals surface area contributed by atoms with Gasteiger partial charge in [-0.2, -0.15) is 0 Å². The first kappa shape index (κ1) is 14.9. The highest BCUT2D eigenvalue weighted by atomic mass is 16.3. The number of phenolic OH excluding ortho intramolecular Hbond substituents is 2. The summed E-state index contributed by atoms with van der Waals surface area (Å²) in [5.74, 6) is 1.69. The summed E-state index contributed by atoms with van der Waals surface area (Å²) in [4.78, 5) is 12.3. The van der Waals surface area contributed by atoms with E-state index in [2.05, 4.69) is 0 Å². The van der Waals surface area contributed by atoms with E-state index >= 15 is 0 Å². The Hall–Kier alpha value is -1.71. The molecule has 1 atom stereocenters. The molecule has 0 radical (unpaired) electrons. The number of benzene rings is 1. The van der Waals surface area contributed by atoms with Crippen LogP contribution < -0.4 is 5.73 Å². The van der Waals surface area contributed by atoms with Crippen molar-refractivity contribution >= 4 is 5.91 Å². The lowest BCUT2D eigenvalue weighted by Gasteiger charge is -2.59. The molecule has 4 aliphatic carbocycles. The molecule has 0 spiro atoms. The van der Waals surface area contributed by atoms with Crippen molar-refractivity contribution in [1.82, 2.24) is 0 Å². The fourth-order valence-corrected chi connectivity index (χ4v) is 6.15. The van der Waals surface area contributed by atoms with Crippen molar-refractivity contribution < 1.29 is 15.0 Å². The highest BCUT2D eigenvalue weighted by Crippen LogP contribution is 2.63. The number of nitrogens with two attached hydrogens (primary N) is 1. The molecule has 4 saturated carbocycles. The van der Waals surface area contributed by atoms with Gasteiger partial charge >= 0.3 is 0 Å². The second-order valence-electron chi connectivity index (χ2n) is 8.26. The van der Waals surface area contributed by atoms with Gasteiger partial charge in [0.25, 0.3) is 0 Å². The molecular formula is C19H25NO3. The molecule has 4 heteroatoms. The van der Waals surface area contributed by atoms with Crippen LogP contribution in [-0.2, 0) is 11.2 Å². The fourth-order valence-electron chi connectivity index (χ4n) is 6.15. The number of rotatable bonds is 4. The number of aromatic hydroxyl groups is 2. The molecular weight excluding hydrogens is 290 g/mol. The van der Waals surface area contributed by atoms with Gasteiger partial charge < -0.3 is 15.9 Å². The molecule has 0 aliphatic heterocycles. The van der Waals surface area contributed by atoms with Crippen LogP contribution in [0.5, 0.6) is 11.5 Å². The summed E-state index contributed by atoms with van der Waals surface area (Å²) < 4.78 is 0. The normalized spacial score (nSPS) is 36.1. The summed E-state index contributed by atoms with van der Waals surface area (Å²) >= 11 is 0. The minimum atomic E-state index is -0.209. The molecule has 124 valence electrons. The lowest BCUT2D eigenvalue weighted by molar-refractivity contribution is -0.138. The Balaban J connectivity index is 1.63. The topological polar surface area (TPSA) is 83.6 Å². The Morgan fingerprint density at radius 1 is 1.09 bits per heavy atom. The minimum absolute atomic E-state index is 0.0636. The average Bonchev–Trinajstić information content (AvgIpc) is 2.46. The van der Waals surface area contributed by atoms with E-state index in [1.807, 2.05) is 0 Å². The van der Waals surface area contributed by atoms with Gasteiger partial charge in [0.1, 0.15) is 0 Å². The van der Waals surface area contributed by atoms with Crippen LogP contribution in [0.1, 0.15) is 44.1 Å². The van der Waals surface area contributed by atoms with Crippen molar-refractivity contribution in [2.75, 3.05) is 0 Å². The Morgan fingerprint density at radius 3 is 2.13 bits per heavy atom. The lowest BCUT2D eigenvalue weighted by atomic mass is 9.46. The second kappa shape index (κ2) is 5.15. The molecule has 4 nitrogen and oxygen atoms in total. The number of phenols is 2. The van der Waals surface area contributed by atoms with Crippen LogP contribution >= 0.6 is 0 Å². The van der Waals surface area contributed by atoms with Gasteiger partial charge in [0.05, 0.1) is 0 Å². The third-order valence-corrected chi connectivity index (χ3v) is 6.65. The maximum absolute atomic E-state index is 12.3. The first-order valence-corrected chi connectivity index (χ1v) is 8.75. The summed E-state index contributed by atoms with van der Waals surface area (Å²) in [5, 5.41) is 19.2. The molecule has 1 unspecified atom stereocenters. The first-order valence-electron chi connectivity index (χ1n) is 8.75. The van der Waals surface area contributed by atoms with Crippen molar-refractivity contribution in [3.05, 3.63) is 23.8 Å². The van der Waals surface area contributed by atoms with E-state index in [1.165, 1.54) is 25.3 Å². The summed E-state index contributed by atoms with van der Waals surface area (Å²) in [5.41, 5.74) is 6.76. The molecule has 1 aromatic rings. The third kappa shape index (κ3) is 2.48. The van der Waals surface area contributed by atoms with Crippen molar-refractivity contribution in [3.63, 3.8) is 0 Å². The van der Waals surface area contributed by atoms with Crippen LogP contribution in [0.15, 0.2) is 18.2 Å². The Labute approximate surface area is 136 Å². The van der Waals surface area contributed by atoms with Crippen molar-refractivity contribution in [2.24, 2.45) is 34.8 Å². The molecule has 4 N–H and O–H groups in total. The number of primary amides is 1. The van der Waals surface area contributed by atoms with E-state index in [0.717, 1.165) is 42.6 Å². The van der Waals surface area contributed by atoms with Crippen LogP contribution in [0.4, 0.5) is 0 Å². The fraction of sp³-hybridized carbons (Fsp3) is 0.632. The summed E-state index contributed by atoms with van der Waals surface area (Å²) in [7, 11) is 0. The van der Waals surface area contributed by atoms with Crippen molar-refractivity contribution in [3.8, 4) is 11.5 Å². The van der Waals surface area contributed by atoms with Gasteiger partial charge in [-0.3, -0.25) is 4.79 Å². The monoisotopic (exact) mass is 315 g/mol. The first-order chi connectivity index (χ1) is 10.9. The van der Waals surface area contributed by atoms with Crippen LogP contribution in [0.25, 0.3) is 0 Å². The summed E-state index contributed by atoms with van der Waals surface area (Å²) in [6, 6.07) is 4.83. The van der Waals surface area contributed by atoms with Crippen molar-refractivity contribution in [1.29, 1.82) is 0 Å². The predicted molar refractivity (Wildman–Crippen MR) is 86.8 cm³/mol. The third-order valence-electron chi connectivity index (χ3n) is 6.65. The van der Waals surface area contributed by atoms with Crippen LogP contribution in [0, 0.1) is 29.1 Å². The SMILES string of the molecule is NC(=O)C(Cc1ccc(O)c(O)c1)C12CC3CC(CC(C3)C1)C2. The predicted octanol–water partition coefficient (Wildman–Crippen LogP) is 2.96. The molecule has 4 bridgehead atoms. The molecule has 0 saturated heterocycles. The van der Waals surface area contributed by atoms with Gasteiger partial charge in [-0.05, 0) is 85.8 Å². The number of carbonyl (C=O) groups is 1.